The highest BCUT2D eigenvalue weighted by atomic mass is 16.5. The molecule has 0 spiro atoms. The maximum Gasteiger partial charge on any atom is 0.330 e. The van der Waals surface area contributed by atoms with Crippen LogP contribution in [0.5, 0.6) is 0 Å². The van der Waals surface area contributed by atoms with Crippen LogP contribution in [0, 0.1) is 0 Å². The monoisotopic (exact) mass is 277 g/mol. The Morgan fingerprint density at radius 2 is 2.00 bits per heavy atom. The van der Waals surface area contributed by atoms with Crippen molar-refractivity contribution >= 4 is 11.9 Å². The smallest absolute Gasteiger partial charge is 0.330 e. The van der Waals surface area contributed by atoms with Crippen molar-refractivity contribution in [2.24, 2.45) is 0 Å². The summed E-state index contributed by atoms with van der Waals surface area (Å²) in [6.45, 7) is -0.483. The number of nitrogens with one attached hydrogen (secondary N) is 1. The summed E-state index contributed by atoms with van der Waals surface area (Å²) in [7, 11) is 1.22. The number of hydrogen-bond donors (Lipinski definition) is 2. The first-order valence-electron chi connectivity index (χ1n) is 6.77. The highest BCUT2D eigenvalue weighted by Gasteiger charge is 2.21. The van der Waals surface area contributed by atoms with Gasteiger partial charge in [-0.3, -0.25) is 4.79 Å². The van der Waals surface area contributed by atoms with E-state index < -0.39 is 18.6 Å². The molecule has 0 fully saturated rings. The third kappa shape index (κ3) is 3.17. The fourth-order valence-corrected chi connectivity index (χ4v) is 2.44. The second-order valence-electron chi connectivity index (χ2n) is 4.92. The first-order valence-corrected chi connectivity index (χ1v) is 6.77. The summed E-state index contributed by atoms with van der Waals surface area (Å²) in [5.41, 5.74) is 3.00. The summed E-state index contributed by atoms with van der Waals surface area (Å²) in [4.78, 5) is 23.4. The van der Waals surface area contributed by atoms with E-state index in [0.717, 1.165) is 19.3 Å². The minimum Gasteiger partial charge on any atom is -0.467 e. The number of rotatable bonds is 4. The number of hydrogen-bond acceptors (Lipinski definition) is 4. The molecule has 1 aromatic rings. The van der Waals surface area contributed by atoms with Gasteiger partial charge in [-0.15, -0.1) is 0 Å². The van der Waals surface area contributed by atoms with E-state index in [1.165, 1.54) is 24.7 Å². The molecule has 1 aliphatic carbocycles. The van der Waals surface area contributed by atoms with Crippen LogP contribution < -0.4 is 5.32 Å². The molecule has 1 atom stereocenters. The molecule has 0 saturated heterocycles. The van der Waals surface area contributed by atoms with Crippen LogP contribution in [0.1, 0.15) is 34.3 Å². The van der Waals surface area contributed by atoms with E-state index in [1.807, 2.05) is 12.1 Å². The standard InChI is InChI=1S/C15H19NO4/c1-20-15(19)13(9-17)16-14(18)12-7-6-10-4-2-3-5-11(10)8-12/h6-8,13,17H,2-5,9H2,1H3,(H,16,18). The molecule has 5 nitrogen and oxygen atoms in total. The number of amides is 1. The van der Waals surface area contributed by atoms with Gasteiger partial charge in [0.2, 0.25) is 0 Å². The number of carbonyl (C=O) groups is 2. The predicted octanol–water partition coefficient (Wildman–Crippen LogP) is 0.829. The van der Waals surface area contributed by atoms with E-state index >= 15 is 0 Å². The molecule has 1 amide bonds. The van der Waals surface area contributed by atoms with Gasteiger partial charge >= 0.3 is 5.97 Å². The number of fused-ring (bicyclic) bond motifs is 1. The molecule has 1 aliphatic rings. The molecule has 2 rings (SSSR count). The van der Waals surface area contributed by atoms with Crippen molar-refractivity contribution in [3.63, 3.8) is 0 Å². The summed E-state index contributed by atoms with van der Waals surface area (Å²) in [5, 5.41) is 11.6. The summed E-state index contributed by atoms with van der Waals surface area (Å²) >= 11 is 0. The number of esters is 1. The first-order chi connectivity index (χ1) is 9.65. The van der Waals surface area contributed by atoms with Crippen molar-refractivity contribution in [2.75, 3.05) is 13.7 Å². The Labute approximate surface area is 117 Å². The van der Waals surface area contributed by atoms with Gasteiger partial charge in [-0.2, -0.15) is 0 Å². The average molecular weight is 277 g/mol. The molecule has 0 saturated carbocycles. The summed E-state index contributed by atoms with van der Waals surface area (Å²) in [6.07, 6.45) is 4.36. The molecule has 2 N–H and O–H groups in total. The summed E-state index contributed by atoms with van der Waals surface area (Å²) in [5.74, 6) is -1.03. The van der Waals surface area contributed by atoms with Gasteiger partial charge in [-0.05, 0) is 48.9 Å². The number of benzene rings is 1. The number of carbonyl (C=O) groups excluding carboxylic acids is 2. The molecule has 20 heavy (non-hydrogen) atoms. The molecule has 1 aromatic carbocycles. The zero-order chi connectivity index (χ0) is 14.5. The van der Waals surface area contributed by atoms with Crippen LogP contribution in [0.4, 0.5) is 0 Å². The minimum atomic E-state index is -1.02. The zero-order valence-electron chi connectivity index (χ0n) is 11.5. The van der Waals surface area contributed by atoms with E-state index in [9.17, 15) is 9.59 Å². The molecular weight excluding hydrogens is 258 g/mol. The highest BCUT2D eigenvalue weighted by Crippen LogP contribution is 2.22. The summed E-state index contributed by atoms with van der Waals surface area (Å²) < 4.78 is 4.52. The maximum atomic E-state index is 12.1. The Bertz CT molecular complexity index is 513. The van der Waals surface area contributed by atoms with Gasteiger partial charge in [0.15, 0.2) is 6.04 Å². The van der Waals surface area contributed by atoms with Crippen LogP contribution in [-0.2, 0) is 22.4 Å². The van der Waals surface area contributed by atoms with Crippen molar-refractivity contribution in [3.05, 3.63) is 34.9 Å². The van der Waals surface area contributed by atoms with Crippen LogP contribution in [-0.4, -0.2) is 36.7 Å². The molecular formula is C15H19NO4. The van der Waals surface area contributed by atoms with Crippen molar-refractivity contribution in [1.29, 1.82) is 0 Å². The average Bonchev–Trinajstić information content (AvgIpc) is 2.51. The SMILES string of the molecule is COC(=O)C(CO)NC(=O)c1ccc2c(c1)CCCC2. The van der Waals surface area contributed by atoms with Crippen LogP contribution in [0.3, 0.4) is 0 Å². The second-order valence-corrected chi connectivity index (χ2v) is 4.92. The van der Waals surface area contributed by atoms with Gasteiger partial charge in [-0.25, -0.2) is 4.79 Å². The van der Waals surface area contributed by atoms with Crippen molar-refractivity contribution in [3.8, 4) is 0 Å². The Balaban J connectivity index is 2.11. The number of methoxy groups -OCH3 is 1. The normalized spacial score (nSPS) is 15.1. The quantitative estimate of drug-likeness (QED) is 0.799. The lowest BCUT2D eigenvalue weighted by Crippen LogP contribution is -2.44. The Hall–Kier alpha value is -1.88. The third-order valence-corrected chi connectivity index (χ3v) is 3.58. The lowest BCUT2D eigenvalue weighted by atomic mass is 9.90. The number of ether oxygens (including phenoxy) is 1. The molecule has 1 unspecified atom stereocenters. The fourth-order valence-electron chi connectivity index (χ4n) is 2.44. The zero-order valence-corrected chi connectivity index (χ0v) is 11.5. The van der Waals surface area contributed by atoms with Crippen molar-refractivity contribution in [2.45, 2.75) is 31.7 Å². The largest absolute Gasteiger partial charge is 0.467 e. The van der Waals surface area contributed by atoms with E-state index in [1.54, 1.807) is 6.07 Å². The fraction of sp³-hybridized carbons (Fsp3) is 0.467. The topological polar surface area (TPSA) is 75.6 Å². The molecule has 0 aromatic heterocycles. The lowest BCUT2D eigenvalue weighted by molar-refractivity contribution is -0.143. The van der Waals surface area contributed by atoms with Crippen molar-refractivity contribution in [1.82, 2.24) is 5.32 Å². The van der Waals surface area contributed by atoms with E-state index in [-0.39, 0.29) is 5.91 Å². The van der Waals surface area contributed by atoms with Gasteiger partial charge in [-0.1, -0.05) is 6.07 Å². The number of aryl methyl sites for hydroxylation is 2. The van der Waals surface area contributed by atoms with E-state index in [0.29, 0.717) is 5.56 Å². The van der Waals surface area contributed by atoms with Gasteiger partial charge in [0.05, 0.1) is 13.7 Å². The van der Waals surface area contributed by atoms with Crippen LogP contribution >= 0.6 is 0 Å². The van der Waals surface area contributed by atoms with Gasteiger partial charge in [0.1, 0.15) is 0 Å². The highest BCUT2D eigenvalue weighted by molar-refractivity contribution is 5.97. The van der Waals surface area contributed by atoms with Gasteiger partial charge in [0.25, 0.3) is 5.91 Å². The first kappa shape index (κ1) is 14.5. The van der Waals surface area contributed by atoms with E-state index in [2.05, 4.69) is 10.1 Å². The molecule has 0 heterocycles. The Morgan fingerprint density at radius 1 is 1.30 bits per heavy atom. The Kier molecular flexibility index (Phi) is 4.74. The van der Waals surface area contributed by atoms with Crippen LogP contribution in [0.15, 0.2) is 18.2 Å². The van der Waals surface area contributed by atoms with Crippen LogP contribution in [0.25, 0.3) is 0 Å². The maximum absolute atomic E-state index is 12.1. The Morgan fingerprint density at radius 3 is 2.65 bits per heavy atom. The predicted molar refractivity (Wildman–Crippen MR) is 73.4 cm³/mol. The number of aliphatic hydroxyl groups is 1. The molecule has 0 aliphatic heterocycles. The summed E-state index contributed by atoms with van der Waals surface area (Å²) in [6, 6.07) is 4.57. The molecule has 0 radical (unpaired) electrons. The van der Waals surface area contributed by atoms with Crippen molar-refractivity contribution < 1.29 is 19.4 Å². The second kappa shape index (κ2) is 6.52. The van der Waals surface area contributed by atoms with E-state index in [4.69, 9.17) is 5.11 Å². The number of aliphatic hydroxyl groups excluding tert-OH is 1. The molecule has 0 bridgehead atoms. The van der Waals surface area contributed by atoms with Gasteiger partial charge < -0.3 is 15.2 Å². The third-order valence-electron chi connectivity index (χ3n) is 3.58. The molecule has 108 valence electrons. The molecule has 5 heteroatoms. The minimum absolute atomic E-state index is 0.372. The lowest BCUT2D eigenvalue weighted by Gasteiger charge is -2.18. The van der Waals surface area contributed by atoms with Gasteiger partial charge in [0, 0.05) is 5.56 Å². The van der Waals surface area contributed by atoms with Crippen LogP contribution in [0.2, 0.25) is 0 Å².